The second kappa shape index (κ2) is 11.0. The van der Waals surface area contributed by atoms with Gasteiger partial charge in [-0.25, -0.2) is 0 Å². The molecule has 2 aromatic carbocycles. The molecule has 0 heterocycles. The highest BCUT2D eigenvalue weighted by Crippen LogP contribution is 2.42. The van der Waals surface area contributed by atoms with E-state index in [-0.39, 0.29) is 5.92 Å². The fourth-order valence-corrected chi connectivity index (χ4v) is 5.92. The molecule has 0 aliphatic heterocycles. The molecule has 176 valence electrons. The van der Waals surface area contributed by atoms with Crippen LogP contribution in [0.3, 0.4) is 0 Å². The van der Waals surface area contributed by atoms with Crippen molar-refractivity contribution >= 4 is 17.2 Å². The lowest BCUT2D eigenvalue weighted by molar-refractivity contribution is -0.121. The van der Waals surface area contributed by atoms with E-state index in [2.05, 4.69) is 59.3 Å². The molecule has 2 saturated carbocycles. The molecule has 4 rings (SSSR count). The lowest BCUT2D eigenvalue weighted by Crippen LogP contribution is -2.26. The number of carbonyl (C=O) groups excluding carboxylic acids is 1. The van der Waals surface area contributed by atoms with Crippen molar-refractivity contribution in [1.29, 1.82) is 0 Å². The van der Waals surface area contributed by atoms with E-state index in [9.17, 15) is 4.79 Å². The third kappa shape index (κ3) is 6.28. The summed E-state index contributed by atoms with van der Waals surface area (Å²) in [6.45, 7) is 4.56. The van der Waals surface area contributed by atoms with Crippen molar-refractivity contribution in [2.24, 2.45) is 17.8 Å². The Kier molecular flexibility index (Phi) is 7.90. The topological polar surface area (TPSA) is 32.3 Å². The molecular weight excluding hydrogens is 404 g/mol. The van der Waals surface area contributed by atoms with Crippen molar-refractivity contribution in [1.82, 2.24) is 5.32 Å². The Morgan fingerprint density at radius 2 is 1.67 bits per heavy atom. The summed E-state index contributed by atoms with van der Waals surface area (Å²) in [6, 6.07) is 19.3. The first-order valence-electron chi connectivity index (χ1n) is 12.8. The molecule has 0 radical (unpaired) electrons. The Labute approximate surface area is 200 Å². The average molecular weight is 445 g/mol. The Morgan fingerprint density at radius 1 is 0.939 bits per heavy atom. The molecule has 2 atom stereocenters. The van der Waals surface area contributed by atoms with E-state index in [0.717, 1.165) is 47.5 Å². The first kappa shape index (κ1) is 23.6. The minimum atomic E-state index is 0.226. The molecule has 33 heavy (non-hydrogen) atoms. The average Bonchev–Trinajstić information content (AvgIpc) is 3.32. The second-order valence-electron chi connectivity index (χ2n) is 10.5. The monoisotopic (exact) mass is 444 g/mol. The maximum Gasteiger partial charge on any atom is 0.154 e. The zero-order chi connectivity index (χ0) is 23.2. The molecule has 2 aromatic rings. The quantitative estimate of drug-likeness (QED) is 0.469. The number of Topliss-reactive ketones (excluding diaryl/α,β-unsaturated/α-hetero) is 1. The molecule has 3 heteroatoms. The van der Waals surface area contributed by atoms with Crippen molar-refractivity contribution in [3.05, 3.63) is 72.3 Å². The van der Waals surface area contributed by atoms with Crippen LogP contribution in [-0.2, 0) is 4.79 Å². The molecule has 2 unspecified atom stereocenters. The van der Waals surface area contributed by atoms with Gasteiger partial charge in [-0.1, -0.05) is 49.0 Å². The molecule has 2 aliphatic rings. The lowest BCUT2D eigenvalue weighted by atomic mass is 9.75. The Hall–Kier alpha value is -2.55. The van der Waals surface area contributed by atoms with Gasteiger partial charge in [0.15, 0.2) is 5.78 Å². The number of hydrogen-bond donors (Lipinski definition) is 1. The van der Waals surface area contributed by atoms with Crippen LogP contribution in [0.2, 0.25) is 0 Å². The minimum absolute atomic E-state index is 0.226. The molecule has 3 nitrogen and oxygen atoms in total. The SMILES string of the molecule is C=C(NCC(=O)C1CCC(CC2CCC(c3ccccc3)CC2)C1)c1cccc(N(C)C)c1. The van der Waals surface area contributed by atoms with Gasteiger partial charge in [0, 0.05) is 31.4 Å². The number of rotatable bonds is 9. The van der Waals surface area contributed by atoms with E-state index >= 15 is 0 Å². The van der Waals surface area contributed by atoms with Gasteiger partial charge in [0.05, 0.1) is 6.54 Å². The van der Waals surface area contributed by atoms with Crippen LogP contribution >= 0.6 is 0 Å². The second-order valence-corrected chi connectivity index (χ2v) is 10.5. The van der Waals surface area contributed by atoms with Gasteiger partial charge in [0.2, 0.25) is 0 Å². The molecule has 2 aliphatic carbocycles. The number of ketones is 1. The van der Waals surface area contributed by atoms with Crippen LogP contribution in [0.5, 0.6) is 0 Å². The van der Waals surface area contributed by atoms with Gasteiger partial charge in [0.1, 0.15) is 0 Å². The van der Waals surface area contributed by atoms with E-state index in [4.69, 9.17) is 0 Å². The van der Waals surface area contributed by atoms with Gasteiger partial charge in [-0.15, -0.1) is 0 Å². The van der Waals surface area contributed by atoms with Crippen LogP contribution in [0.1, 0.15) is 68.4 Å². The summed E-state index contributed by atoms with van der Waals surface area (Å²) in [5, 5.41) is 3.30. The highest BCUT2D eigenvalue weighted by atomic mass is 16.1. The number of benzene rings is 2. The van der Waals surface area contributed by atoms with E-state index in [1.165, 1.54) is 44.1 Å². The summed E-state index contributed by atoms with van der Waals surface area (Å²) in [6.07, 6.45) is 10.0. The lowest BCUT2D eigenvalue weighted by Gasteiger charge is -2.30. The molecule has 0 aromatic heterocycles. The van der Waals surface area contributed by atoms with Crippen LogP contribution in [0.15, 0.2) is 61.2 Å². The van der Waals surface area contributed by atoms with Gasteiger partial charge < -0.3 is 10.2 Å². The zero-order valence-corrected chi connectivity index (χ0v) is 20.4. The number of anilines is 1. The number of nitrogens with one attached hydrogen (secondary N) is 1. The van der Waals surface area contributed by atoms with E-state index in [1.807, 2.05) is 26.2 Å². The summed E-state index contributed by atoms with van der Waals surface area (Å²) in [5.74, 6) is 2.92. The molecule has 1 N–H and O–H groups in total. The van der Waals surface area contributed by atoms with Crippen LogP contribution in [0.25, 0.3) is 5.70 Å². The van der Waals surface area contributed by atoms with Crippen LogP contribution < -0.4 is 10.2 Å². The first-order valence-corrected chi connectivity index (χ1v) is 12.8. The summed E-state index contributed by atoms with van der Waals surface area (Å²) in [5.41, 5.74) is 4.53. The van der Waals surface area contributed by atoms with E-state index < -0.39 is 0 Å². The van der Waals surface area contributed by atoms with E-state index in [1.54, 1.807) is 0 Å². The van der Waals surface area contributed by atoms with Crippen molar-refractivity contribution in [3.8, 4) is 0 Å². The highest BCUT2D eigenvalue weighted by molar-refractivity contribution is 5.84. The largest absolute Gasteiger partial charge is 0.378 e. The standard InChI is InChI=1S/C30H40N2O/c1-22(27-10-7-11-29(20-27)32(2)3)31-21-30(33)28-17-14-24(19-28)18-23-12-15-26(16-13-23)25-8-5-4-6-9-25/h4-11,20,23-24,26,28,31H,1,12-19,21H2,2-3H3. The summed E-state index contributed by atoms with van der Waals surface area (Å²) in [7, 11) is 4.06. The first-order chi connectivity index (χ1) is 16.0. The maximum absolute atomic E-state index is 12.9. The number of carbonyl (C=O) groups is 1. The Bertz CT molecular complexity index is 927. The van der Waals surface area contributed by atoms with Crippen molar-refractivity contribution < 1.29 is 4.79 Å². The van der Waals surface area contributed by atoms with Gasteiger partial charge >= 0.3 is 0 Å². The number of hydrogen-bond acceptors (Lipinski definition) is 3. The molecule has 0 amide bonds. The third-order valence-corrected chi connectivity index (χ3v) is 7.97. The van der Waals surface area contributed by atoms with Crippen molar-refractivity contribution in [2.45, 2.75) is 57.3 Å². The summed E-state index contributed by atoms with van der Waals surface area (Å²) in [4.78, 5) is 15.0. The molecular formula is C30H40N2O. The van der Waals surface area contributed by atoms with Crippen LogP contribution in [0.4, 0.5) is 5.69 Å². The predicted molar refractivity (Wildman–Crippen MR) is 139 cm³/mol. The normalized spacial score (nSPS) is 24.9. The molecule has 2 fully saturated rings. The zero-order valence-electron chi connectivity index (χ0n) is 20.4. The maximum atomic E-state index is 12.9. The fraction of sp³-hybridized carbons (Fsp3) is 0.500. The highest BCUT2D eigenvalue weighted by Gasteiger charge is 2.32. The van der Waals surface area contributed by atoms with E-state index in [0.29, 0.717) is 12.3 Å². The third-order valence-electron chi connectivity index (χ3n) is 7.97. The predicted octanol–water partition coefficient (Wildman–Crippen LogP) is 6.66. The summed E-state index contributed by atoms with van der Waals surface area (Å²) < 4.78 is 0. The Morgan fingerprint density at radius 3 is 2.39 bits per heavy atom. The number of nitrogens with zero attached hydrogens (tertiary/aromatic N) is 1. The Balaban J connectivity index is 1.19. The van der Waals surface area contributed by atoms with Gasteiger partial charge in [-0.3, -0.25) is 4.79 Å². The van der Waals surface area contributed by atoms with Crippen molar-refractivity contribution in [3.63, 3.8) is 0 Å². The molecule has 0 bridgehead atoms. The summed E-state index contributed by atoms with van der Waals surface area (Å²) >= 11 is 0. The van der Waals surface area contributed by atoms with Crippen LogP contribution in [0, 0.1) is 17.8 Å². The van der Waals surface area contributed by atoms with Crippen molar-refractivity contribution in [2.75, 3.05) is 25.5 Å². The van der Waals surface area contributed by atoms with Gasteiger partial charge in [-0.2, -0.15) is 0 Å². The van der Waals surface area contributed by atoms with Gasteiger partial charge in [0.25, 0.3) is 0 Å². The molecule has 0 saturated heterocycles. The van der Waals surface area contributed by atoms with Gasteiger partial charge in [-0.05, 0) is 92.4 Å². The smallest absolute Gasteiger partial charge is 0.154 e. The molecule has 0 spiro atoms. The fourth-order valence-electron chi connectivity index (χ4n) is 5.92. The minimum Gasteiger partial charge on any atom is -0.378 e. The van der Waals surface area contributed by atoms with Crippen LogP contribution in [-0.4, -0.2) is 26.4 Å².